The summed E-state index contributed by atoms with van der Waals surface area (Å²) in [6.45, 7) is 5.50. The van der Waals surface area contributed by atoms with Gasteiger partial charge in [0, 0.05) is 6.42 Å². The van der Waals surface area contributed by atoms with Gasteiger partial charge in [0.25, 0.3) is 5.91 Å². The van der Waals surface area contributed by atoms with Crippen LogP contribution in [0.3, 0.4) is 0 Å². The highest BCUT2D eigenvalue weighted by Gasteiger charge is 2.28. The molecule has 1 aliphatic rings. The summed E-state index contributed by atoms with van der Waals surface area (Å²) < 4.78 is 0. The van der Waals surface area contributed by atoms with Crippen molar-refractivity contribution in [1.82, 2.24) is 10.8 Å². The van der Waals surface area contributed by atoms with Crippen LogP contribution in [0.5, 0.6) is 0 Å². The lowest BCUT2D eigenvalue weighted by atomic mass is 10.2. The summed E-state index contributed by atoms with van der Waals surface area (Å²) in [6.07, 6.45) is 0.950. The lowest BCUT2D eigenvalue weighted by Crippen LogP contribution is -2.44. The summed E-state index contributed by atoms with van der Waals surface area (Å²) in [5.41, 5.74) is 1.91. The van der Waals surface area contributed by atoms with E-state index in [2.05, 4.69) is 10.8 Å². The average Bonchev–Trinajstić information content (AvgIpc) is 2.46. The van der Waals surface area contributed by atoms with Crippen LogP contribution >= 0.6 is 0 Å². The molecular formula is C9H16N2O3. The normalized spacial score (nSPS) is 21.9. The van der Waals surface area contributed by atoms with Crippen molar-refractivity contribution < 1.29 is 14.4 Å². The molecule has 0 saturated carbocycles. The molecule has 5 nitrogen and oxygen atoms in total. The SMILES string of the molecule is CC(C)(C)ONC(=O)[C@@H]1CCC(=O)N1. The van der Waals surface area contributed by atoms with Gasteiger partial charge in [-0.25, -0.2) is 5.48 Å². The Hall–Kier alpha value is -1.10. The van der Waals surface area contributed by atoms with Gasteiger partial charge in [-0.15, -0.1) is 0 Å². The van der Waals surface area contributed by atoms with E-state index in [1.165, 1.54) is 0 Å². The van der Waals surface area contributed by atoms with Gasteiger partial charge in [-0.05, 0) is 27.2 Å². The van der Waals surface area contributed by atoms with Crippen LogP contribution in [0.4, 0.5) is 0 Å². The van der Waals surface area contributed by atoms with Gasteiger partial charge < -0.3 is 5.32 Å². The fourth-order valence-corrected chi connectivity index (χ4v) is 1.09. The van der Waals surface area contributed by atoms with Gasteiger partial charge in [-0.3, -0.25) is 14.4 Å². The third kappa shape index (κ3) is 3.33. The Labute approximate surface area is 83.1 Å². The molecule has 5 heteroatoms. The van der Waals surface area contributed by atoms with E-state index in [0.717, 1.165) is 0 Å². The molecule has 0 aromatic heterocycles. The molecule has 14 heavy (non-hydrogen) atoms. The molecule has 2 amide bonds. The molecular weight excluding hydrogens is 184 g/mol. The average molecular weight is 200 g/mol. The second-order valence-corrected chi connectivity index (χ2v) is 4.34. The highest BCUT2D eigenvalue weighted by Crippen LogP contribution is 2.08. The van der Waals surface area contributed by atoms with Gasteiger partial charge in [0.1, 0.15) is 6.04 Å². The molecule has 0 bridgehead atoms. The summed E-state index contributed by atoms with van der Waals surface area (Å²) >= 11 is 0. The predicted octanol–water partition coefficient (Wildman–Crippen LogP) is 0.111. The molecule has 1 rings (SSSR count). The summed E-state index contributed by atoms with van der Waals surface area (Å²) in [6, 6.07) is -0.440. The Morgan fingerprint density at radius 3 is 2.64 bits per heavy atom. The number of hydroxylamine groups is 1. The maximum Gasteiger partial charge on any atom is 0.266 e. The van der Waals surface area contributed by atoms with Gasteiger partial charge in [-0.2, -0.15) is 0 Å². The van der Waals surface area contributed by atoms with Crippen molar-refractivity contribution in [2.24, 2.45) is 0 Å². The van der Waals surface area contributed by atoms with E-state index in [4.69, 9.17) is 4.84 Å². The van der Waals surface area contributed by atoms with Crippen molar-refractivity contribution in [1.29, 1.82) is 0 Å². The zero-order valence-corrected chi connectivity index (χ0v) is 8.72. The van der Waals surface area contributed by atoms with Crippen LogP contribution in [-0.4, -0.2) is 23.5 Å². The van der Waals surface area contributed by atoms with Crippen LogP contribution in [0.25, 0.3) is 0 Å². The molecule has 0 spiro atoms. The molecule has 1 fully saturated rings. The van der Waals surface area contributed by atoms with Crippen LogP contribution in [0, 0.1) is 0 Å². The number of rotatable bonds is 2. The predicted molar refractivity (Wildman–Crippen MR) is 50.1 cm³/mol. The maximum absolute atomic E-state index is 11.4. The zero-order valence-electron chi connectivity index (χ0n) is 8.72. The first kappa shape index (κ1) is 11.0. The quantitative estimate of drug-likeness (QED) is 0.622. The summed E-state index contributed by atoms with van der Waals surface area (Å²) in [5, 5.41) is 2.56. The van der Waals surface area contributed by atoms with Crippen LogP contribution in [0.1, 0.15) is 33.6 Å². The number of carbonyl (C=O) groups is 2. The number of carbonyl (C=O) groups excluding carboxylic acids is 2. The number of amides is 2. The van der Waals surface area contributed by atoms with Gasteiger partial charge in [-0.1, -0.05) is 0 Å². The van der Waals surface area contributed by atoms with Gasteiger partial charge >= 0.3 is 0 Å². The van der Waals surface area contributed by atoms with E-state index >= 15 is 0 Å². The zero-order chi connectivity index (χ0) is 10.8. The molecule has 0 aromatic rings. The van der Waals surface area contributed by atoms with Crippen LogP contribution in [-0.2, 0) is 14.4 Å². The van der Waals surface area contributed by atoms with Crippen molar-refractivity contribution in [2.45, 2.75) is 45.3 Å². The van der Waals surface area contributed by atoms with E-state index < -0.39 is 11.6 Å². The molecule has 80 valence electrons. The maximum atomic E-state index is 11.4. The summed E-state index contributed by atoms with van der Waals surface area (Å²) in [7, 11) is 0. The highest BCUT2D eigenvalue weighted by atomic mass is 16.7. The molecule has 1 heterocycles. The number of nitrogens with one attached hydrogen (secondary N) is 2. The van der Waals surface area contributed by atoms with Crippen molar-refractivity contribution in [2.75, 3.05) is 0 Å². The number of hydrogen-bond acceptors (Lipinski definition) is 3. The minimum absolute atomic E-state index is 0.0825. The number of hydrogen-bond donors (Lipinski definition) is 2. The van der Waals surface area contributed by atoms with Crippen molar-refractivity contribution in [3.05, 3.63) is 0 Å². The first-order valence-corrected chi connectivity index (χ1v) is 4.66. The molecule has 0 radical (unpaired) electrons. The standard InChI is InChI=1S/C9H16N2O3/c1-9(2,3)14-11-8(13)6-4-5-7(12)10-6/h6H,4-5H2,1-3H3,(H,10,12)(H,11,13)/t6-/m0/s1. The lowest BCUT2D eigenvalue weighted by molar-refractivity contribution is -0.147. The molecule has 1 atom stereocenters. The van der Waals surface area contributed by atoms with Crippen molar-refractivity contribution in [3.8, 4) is 0 Å². The smallest absolute Gasteiger partial charge is 0.266 e. The van der Waals surface area contributed by atoms with E-state index in [0.29, 0.717) is 12.8 Å². The van der Waals surface area contributed by atoms with Crippen molar-refractivity contribution >= 4 is 11.8 Å². The van der Waals surface area contributed by atoms with E-state index in [9.17, 15) is 9.59 Å². The second kappa shape index (κ2) is 3.96. The Morgan fingerprint density at radius 2 is 2.21 bits per heavy atom. The van der Waals surface area contributed by atoms with Gasteiger partial charge in [0.2, 0.25) is 5.91 Å². The van der Waals surface area contributed by atoms with E-state index in [-0.39, 0.29) is 11.8 Å². The first-order valence-electron chi connectivity index (χ1n) is 4.66. The molecule has 0 unspecified atom stereocenters. The van der Waals surface area contributed by atoms with Gasteiger partial charge in [0.05, 0.1) is 5.60 Å². The monoisotopic (exact) mass is 200 g/mol. The summed E-state index contributed by atoms with van der Waals surface area (Å²) in [5.74, 6) is -0.369. The third-order valence-corrected chi connectivity index (χ3v) is 1.77. The summed E-state index contributed by atoms with van der Waals surface area (Å²) in [4.78, 5) is 27.3. The fourth-order valence-electron chi connectivity index (χ4n) is 1.09. The van der Waals surface area contributed by atoms with Crippen molar-refractivity contribution in [3.63, 3.8) is 0 Å². The van der Waals surface area contributed by atoms with Gasteiger partial charge in [0.15, 0.2) is 0 Å². The topological polar surface area (TPSA) is 67.4 Å². The van der Waals surface area contributed by atoms with Crippen LogP contribution in [0.2, 0.25) is 0 Å². The fraction of sp³-hybridized carbons (Fsp3) is 0.778. The lowest BCUT2D eigenvalue weighted by Gasteiger charge is -2.20. The molecule has 0 aliphatic carbocycles. The Bertz CT molecular complexity index is 245. The molecule has 0 aromatic carbocycles. The molecule has 1 saturated heterocycles. The first-order chi connectivity index (χ1) is 6.38. The minimum atomic E-state index is -0.440. The van der Waals surface area contributed by atoms with Crippen LogP contribution in [0.15, 0.2) is 0 Å². The van der Waals surface area contributed by atoms with E-state index in [1.807, 2.05) is 20.8 Å². The largest absolute Gasteiger partial charge is 0.344 e. The molecule has 2 N–H and O–H groups in total. The van der Waals surface area contributed by atoms with E-state index in [1.54, 1.807) is 0 Å². The minimum Gasteiger partial charge on any atom is -0.344 e. The highest BCUT2D eigenvalue weighted by molar-refractivity contribution is 5.90. The second-order valence-electron chi connectivity index (χ2n) is 4.34. The van der Waals surface area contributed by atoms with Crippen LogP contribution < -0.4 is 10.8 Å². The Balaban J connectivity index is 2.32. The third-order valence-electron chi connectivity index (χ3n) is 1.77. The molecule has 1 aliphatic heterocycles. The Kier molecular flexibility index (Phi) is 3.10. The Morgan fingerprint density at radius 1 is 1.57 bits per heavy atom.